The highest BCUT2D eigenvalue weighted by molar-refractivity contribution is 5.83. The van der Waals surface area contributed by atoms with Crippen molar-refractivity contribution in [1.29, 1.82) is 0 Å². The number of carbonyl (C=O) groups is 1. The smallest absolute Gasteiger partial charge is 0.328 e. The van der Waals surface area contributed by atoms with Crippen molar-refractivity contribution in [2.45, 2.75) is 19.4 Å². The monoisotopic (exact) mass is 235 g/mol. The molecule has 0 spiro atoms. The van der Waals surface area contributed by atoms with Gasteiger partial charge in [0.15, 0.2) is 5.82 Å². The summed E-state index contributed by atoms with van der Waals surface area (Å²) in [5.41, 5.74) is -0.537. The predicted octanol–water partition coefficient (Wildman–Crippen LogP) is 0.424. The van der Waals surface area contributed by atoms with Crippen LogP contribution in [0.4, 0.5) is 5.82 Å². The van der Waals surface area contributed by atoms with Gasteiger partial charge in [-0.3, -0.25) is 4.40 Å². The van der Waals surface area contributed by atoms with Gasteiger partial charge < -0.3 is 10.0 Å². The summed E-state index contributed by atoms with van der Waals surface area (Å²) in [5, 5.41) is 16.9. The summed E-state index contributed by atoms with van der Waals surface area (Å²) in [6, 6.07) is 0. The number of carboxylic acid groups (broad SMARTS) is 1. The Hall–Kier alpha value is -2.18. The van der Waals surface area contributed by atoms with E-state index in [1.165, 1.54) is 0 Å². The maximum absolute atomic E-state index is 11.2. The molecule has 2 aromatic rings. The number of hydrogen-bond donors (Lipinski definition) is 1. The number of likely N-dealkylation sites (N-methyl/N-ethyl adjacent to an activating group) is 1. The lowest BCUT2D eigenvalue weighted by Gasteiger charge is -2.32. The molecule has 0 aliphatic rings. The Labute approximate surface area is 97.7 Å². The summed E-state index contributed by atoms with van der Waals surface area (Å²) in [4.78, 5) is 16.9. The number of fused-ring (bicyclic) bond motifs is 1. The number of rotatable bonds is 3. The summed E-state index contributed by atoms with van der Waals surface area (Å²) in [7, 11) is 1.67. The molecule has 7 heteroatoms. The van der Waals surface area contributed by atoms with Gasteiger partial charge in [0.05, 0.1) is 0 Å². The Morgan fingerprint density at radius 1 is 1.53 bits per heavy atom. The molecule has 0 aliphatic heterocycles. The third-order valence-electron chi connectivity index (χ3n) is 2.88. The first-order valence-corrected chi connectivity index (χ1v) is 5.06. The molecule has 0 aliphatic carbocycles. The zero-order valence-corrected chi connectivity index (χ0v) is 9.82. The van der Waals surface area contributed by atoms with Crippen LogP contribution in [0, 0.1) is 0 Å². The van der Waals surface area contributed by atoms with Gasteiger partial charge in [-0.1, -0.05) is 0 Å². The number of carboxylic acids is 1. The summed E-state index contributed by atoms with van der Waals surface area (Å²) in [6.07, 6.45) is 4.84. The van der Waals surface area contributed by atoms with Crippen LogP contribution in [0.5, 0.6) is 0 Å². The second-order valence-corrected chi connectivity index (χ2v) is 4.24. The number of nitrogens with zero attached hydrogens (tertiary/aromatic N) is 5. The average molecular weight is 235 g/mol. The molecular formula is C10H13N5O2. The van der Waals surface area contributed by atoms with Crippen molar-refractivity contribution in [2.24, 2.45) is 0 Å². The standard InChI is InChI=1S/C10H13N5O2/c1-10(2,9(16)17)14(3)7-8-13-12-6-15(8)5-4-11-7/h4-6H,1-3H3,(H,16,17). The lowest BCUT2D eigenvalue weighted by molar-refractivity contribution is -0.142. The quantitative estimate of drug-likeness (QED) is 0.830. The second-order valence-electron chi connectivity index (χ2n) is 4.24. The van der Waals surface area contributed by atoms with E-state index in [2.05, 4.69) is 15.2 Å². The van der Waals surface area contributed by atoms with Crippen LogP contribution >= 0.6 is 0 Å². The molecule has 0 aromatic carbocycles. The highest BCUT2D eigenvalue weighted by atomic mass is 16.4. The first-order valence-electron chi connectivity index (χ1n) is 5.06. The van der Waals surface area contributed by atoms with Crippen LogP contribution in [-0.4, -0.2) is 43.2 Å². The molecule has 1 N–H and O–H groups in total. The summed E-state index contributed by atoms with van der Waals surface area (Å²) < 4.78 is 1.69. The minimum absolute atomic E-state index is 0.484. The molecule has 90 valence electrons. The van der Waals surface area contributed by atoms with Gasteiger partial charge in [-0.05, 0) is 13.8 Å². The molecule has 0 saturated carbocycles. The molecule has 0 amide bonds. The van der Waals surface area contributed by atoms with Crippen LogP contribution in [0.25, 0.3) is 5.65 Å². The third kappa shape index (κ3) is 1.69. The Morgan fingerprint density at radius 2 is 2.24 bits per heavy atom. The maximum Gasteiger partial charge on any atom is 0.328 e. The Balaban J connectivity index is 2.53. The van der Waals surface area contributed by atoms with E-state index in [0.717, 1.165) is 0 Å². The Bertz CT molecular complexity index is 563. The van der Waals surface area contributed by atoms with Crippen LogP contribution in [0.15, 0.2) is 18.7 Å². The van der Waals surface area contributed by atoms with Crippen LogP contribution in [0.3, 0.4) is 0 Å². The number of hydrogen-bond acceptors (Lipinski definition) is 5. The predicted molar refractivity (Wildman–Crippen MR) is 60.9 cm³/mol. The minimum Gasteiger partial charge on any atom is -0.480 e. The van der Waals surface area contributed by atoms with Crippen molar-refractivity contribution in [3.63, 3.8) is 0 Å². The number of aromatic nitrogens is 4. The summed E-state index contributed by atoms with van der Waals surface area (Å²) in [6.45, 7) is 3.22. The Morgan fingerprint density at radius 3 is 2.88 bits per heavy atom. The molecule has 7 nitrogen and oxygen atoms in total. The summed E-state index contributed by atoms with van der Waals surface area (Å²) >= 11 is 0. The van der Waals surface area contributed by atoms with E-state index in [-0.39, 0.29) is 0 Å². The molecule has 0 saturated heterocycles. The molecule has 0 unspecified atom stereocenters. The van der Waals surface area contributed by atoms with Crippen LogP contribution in [0.1, 0.15) is 13.8 Å². The van der Waals surface area contributed by atoms with Crippen molar-refractivity contribution in [3.05, 3.63) is 18.7 Å². The topological polar surface area (TPSA) is 83.6 Å². The fourth-order valence-electron chi connectivity index (χ4n) is 1.39. The molecule has 0 fully saturated rings. The fourth-order valence-corrected chi connectivity index (χ4v) is 1.39. The normalized spacial score (nSPS) is 11.7. The van der Waals surface area contributed by atoms with E-state index in [4.69, 9.17) is 0 Å². The molecular weight excluding hydrogens is 222 g/mol. The zero-order valence-electron chi connectivity index (χ0n) is 9.82. The summed E-state index contributed by atoms with van der Waals surface area (Å²) in [5.74, 6) is -0.444. The number of aliphatic carboxylic acids is 1. The molecule has 0 bridgehead atoms. The maximum atomic E-state index is 11.2. The lowest BCUT2D eigenvalue weighted by atomic mass is 10.0. The van der Waals surface area contributed by atoms with Gasteiger partial charge in [0.25, 0.3) is 0 Å². The largest absolute Gasteiger partial charge is 0.480 e. The molecule has 0 atom stereocenters. The minimum atomic E-state index is -1.07. The van der Waals surface area contributed by atoms with E-state index in [1.54, 1.807) is 48.9 Å². The Kier molecular flexibility index (Phi) is 2.45. The highest BCUT2D eigenvalue weighted by Crippen LogP contribution is 2.23. The van der Waals surface area contributed by atoms with Gasteiger partial charge in [0.2, 0.25) is 5.65 Å². The van der Waals surface area contributed by atoms with Gasteiger partial charge in [-0.2, -0.15) is 0 Å². The average Bonchev–Trinajstić information content (AvgIpc) is 2.75. The second kappa shape index (κ2) is 3.69. The fraction of sp³-hybridized carbons (Fsp3) is 0.400. The molecule has 2 rings (SSSR count). The molecule has 0 radical (unpaired) electrons. The molecule has 17 heavy (non-hydrogen) atoms. The molecule has 2 aromatic heterocycles. The van der Waals surface area contributed by atoms with Crippen molar-refractivity contribution in [1.82, 2.24) is 19.6 Å². The zero-order chi connectivity index (χ0) is 12.6. The van der Waals surface area contributed by atoms with Crippen LogP contribution in [-0.2, 0) is 4.79 Å². The molecule has 2 heterocycles. The van der Waals surface area contributed by atoms with Crippen molar-refractivity contribution in [2.75, 3.05) is 11.9 Å². The van der Waals surface area contributed by atoms with E-state index in [1.807, 2.05) is 0 Å². The first-order chi connectivity index (χ1) is 7.94. The van der Waals surface area contributed by atoms with Gasteiger partial charge in [0, 0.05) is 19.4 Å². The van der Waals surface area contributed by atoms with Crippen molar-refractivity contribution < 1.29 is 9.90 Å². The number of anilines is 1. The van der Waals surface area contributed by atoms with Gasteiger partial charge in [-0.25, -0.2) is 9.78 Å². The van der Waals surface area contributed by atoms with Crippen molar-refractivity contribution >= 4 is 17.4 Å². The third-order valence-corrected chi connectivity index (χ3v) is 2.88. The SMILES string of the molecule is CN(c1nccn2cnnc12)C(C)(C)C(=O)O. The first kappa shape index (κ1) is 11.3. The van der Waals surface area contributed by atoms with Gasteiger partial charge in [-0.15, -0.1) is 10.2 Å². The van der Waals surface area contributed by atoms with Gasteiger partial charge >= 0.3 is 5.97 Å². The van der Waals surface area contributed by atoms with E-state index in [0.29, 0.717) is 11.5 Å². The highest BCUT2D eigenvalue weighted by Gasteiger charge is 2.34. The van der Waals surface area contributed by atoms with Crippen LogP contribution in [0.2, 0.25) is 0 Å². The van der Waals surface area contributed by atoms with Crippen LogP contribution < -0.4 is 4.90 Å². The van der Waals surface area contributed by atoms with Crippen molar-refractivity contribution in [3.8, 4) is 0 Å². The lowest BCUT2D eigenvalue weighted by Crippen LogP contribution is -2.48. The van der Waals surface area contributed by atoms with E-state index < -0.39 is 11.5 Å². The van der Waals surface area contributed by atoms with E-state index in [9.17, 15) is 9.90 Å². The van der Waals surface area contributed by atoms with Gasteiger partial charge in [0.1, 0.15) is 11.9 Å². The van der Waals surface area contributed by atoms with E-state index >= 15 is 0 Å².